The molecule has 0 aliphatic carbocycles. The minimum absolute atomic E-state index is 0.385. The van der Waals surface area contributed by atoms with Gasteiger partial charge in [0.2, 0.25) is 0 Å². The number of hydrogen-bond donors (Lipinski definition) is 0. The van der Waals surface area contributed by atoms with Gasteiger partial charge >= 0.3 is 0 Å². The van der Waals surface area contributed by atoms with Crippen LogP contribution in [0.5, 0.6) is 0 Å². The van der Waals surface area contributed by atoms with Crippen LogP contribution in [0.2, 0.25) is 0 Å². The van der Waals surface area contributed by atoms with Crippen LogP contribution in [0.15, 0.2) is 9.52 Å². The lowest BCUT2D eigenvalue weighted by molar-refractivity contribution is 0.424. The number of rotatable bonds is 3. The molecule has 0 N–H and O–H groups in total. The topological polar surface area (TPSA) is 41.6 Å². The molecule has 14 heavy (non-hydrogen) atoms. The Morgan fingerprint density at radius 2 is 2.07 bits per heavy atom. The van der Waals surface area contributed by atoms with Crippen molar-refractivity contribution in [2.75, 3.05) is 14.1 Å². The van der Waals surface area contributed by atoms with E-state index in [1.165, 1.54) is 0 Å². The van der Waals surface area contributed by atoms with E-state index in [0.717, 1.165) is 11.3 Å². The van der Waals surface area contributed by atoms with Crippen molar-refractivity contribution in [3.8, 4) is 0 Å². The molecule has 1 heterocycles. The molecule has 0 spiro atoms. The summed E-state index contributed by atoms with van der Waals surface area (Å²) in [4.78, 5) is 6.08. The summed E-state index contributed by atoms with van der Waals surface area (Å²) in [6.07, 6.45) is 1.71. The zero-order chi connectivity index (χ0) is 10.7. The van der Waals surface area contributed by atoms with E-state index in [1.807, 2.05) is 25.9 Å². The summed E-state index contributed by atoms with van der Waals surface area (Å²) in [5.74, 6) is 1.00. The van der Waals surface area contributed by atoms with E-state index in [4.69, 9.17) is 4.52 Å². The fourth-order valence-electron chi connectivity index (χ4n) is 1.29. The van der Waals surface area contributed by atoms with Gasteiger partial charge < -0.3 is 9.42 Å². The maximum atomic E-state index is 5.13. The van der Waals surface area contributed by atoms with Crippen molar-refractivity contribution in [1.29, 1.82) is 0 Å². The zero-order valence-electron chi connectivity index (χ0n) is 9.40. The van der Waals surface area contributed by atoms with E-state index in [9.17, 15) is 0 Å². The van der Waals surface area contributed by atoms with Crippen LogP contribution >= 0.6 is 0 Å². The first-order valence-electron chi connectivity index (χ1n) is 4.69. The molecule has 1 aromatic rings. The second-order valence-corrected chi connectivity index (χ2v) is 3.85. The predicted octanol–water partition coefficient (Wildman–Crippen LogP) is 2.33. The van der Waals surface area contributed by atoms with E-state index < -0.39 is 0 Å². The third kappa shape index (κ3) is 2.34. The van der Waals surface area contributed by atoms with Crippen LogP contribution in [-0.2, 0) is 0 Å². The summed E-state index contributed by atoms with van der Waals surface area (Å²) in [5, 5.41) is 3.91. The third-order valence-corrected chi connectivity index (χ3v) is 1.87. The summed E-state index contributed by atoms with van der Waals surface area (Å²) >= 11 is 0. The number of aliphatic imine (C=N–C) groups is 1. The number of hydrogen-bond acceptors (Lipinski definition) is 3. The van der Waals surface area contributed by atoms with Gasteiger partial charge in [0.15, 0.2) is 0 Å². The van der Waals surface area contributed by atoms with Crippen molar-refractivity contribution in [1.82, 2.24) is 10.1 Å². The maximum Gasteiger partial charge on any atom is 0.255 e. The van der Waals surface area contributed by atoms with E-state index in [1.54, 1.807) is 6.34 Å². The molecule has 0 aliphatic rings. The Labute approximate surface area is 84.6 Å². The van der Waals surface area contributed by atoms with Gasteiger partial charge in [-0.25, -0.2) is 4.99 Å². The molecule has 0 aromatic carbocycles. The normalized spacial score (nSPS) is 11.6. The Kier molecular flexibility index (Phi) is 3.28. The van der Waals surface area contributed by atoms with Crippen molar-refractivity contribution in [3.63, 3.8) is 0 Å². The average Bonchev–Trinajstić information content (AvgIpc) is 2.43. The molecule has 0 fully saturated rings. The molecule has 0 radical (unpaired) electrons. The maximum absolute atomic E-state index is 5.13. The Balaban J connectivity index is 2.98. The molecular formula is C10H17N3O. The van der Waals surface area contributed by atoms with Crippen molar-refractivity contribution in [2.24, 2.45) is 4.99 Å². The van der Waals surface area contributed by atoms with Gasteiger partial charge in [-0.15, -0.1) is 0 Å². The van der Waals surface area contributed by atoms with Crippen LogP contribution < -0.4 is 0 Å². The molecule has 0 saturated heterocycles. The van der Waals surface area contributed by atoms with Crippen LogP contribution in [0.3, 0.4) is 0 Å². The molecule has 0 amide bonds. The highest BCUT2D eigenvalue weighted by atomic mass is 16.5. The van der Waals surface area contributed by atoms with Gasteiger partial charge in [-0.2, -0.15) is 0 Å². The summed E-state index contributed by atoms with van der Waals surface area (Å²) in [6.45, 7) is 6.15. The molecule has 1 aromatic heterocycles. The Morgan fingerprint density at radius 1 is 1.43 bits per heavy atom. The number of aromatic nitrogens is 1. The Hall–Kier alpha value is -1.32. The van der Waals surface area contributed by atoms with Crippen molar-refractivity contribution >= 4 is 12.2 Å². The molecule has 0 saturated carbocycles. The number of aryl methyl sites for hydroxylation is 1. The van der Waals surface area contributed by atoms with E-state index in [-0.39, 0.29) is 0 Å². The lowest BCUT2D eigenvalue weighted by Gasteiger charge is -2.04. The number of nitrogens with zero attached hydrogens (tertiary/aromatic N) is 3. The van der Waals surface area contributed by atoms with Crippen LogP contribution in [-0.4, -0.2) is 30.5 Å². The van der Waals surface area contributed by atoms with Crippen molar-refractivity contribution < 1.29 is 4.52 Å². The van der Waals surface area contributed by atoms with Gasteiger partial charge in [-0.3, -0.25) is 0 Å². The van der Waals surface area contributed by atoms with Gasteiger partial charge in [0.05, 0.1) is 12.0 Å². The van der Waals surface area contributed by atoms with Crippen LogP contribution in [0.25, 0.3) is 0 Å². The molecule has 0 unspecified atom stereocenters. The highest BCUT2D eigenvalue weighted by Gasteiger charge is 2.14. The Morgan fingerprint density at radius 3 is 2.57 bits per heavy atom. The molecule has 0 atom stereocenters. The average molecular weight is 195 g/mol. The van der Waals surface area contributed by atoms with Crippen molar-refractivity contribution in [2.45, 2.75) is 26.7 Å². The second kappa shape index (κ2) is 4.26. The Bertz CT molecular complexity index is 326. The fraction of sp³-hybridized carbons (Fsp3) is 0.600. The standard InChI is InChI=1S/C10H17N3O/c1-7(2)9-8(3)12-14-10(9)11-6-13(4)5/h6-7H,1-5H3. The van der Waals surface area contributed by atoms with Crippen LogP contribution in [0.1, 0.15) is 31.0 Å². The zero-order valence-corrected chi connectivity index (χ0v) is 9.40. The van der Waals surface area contributed by atoms with E-state index in [2.05, 4.69) is 24.0 Å². The minimum atomic E-state index is 0.385. The molecule has 0 aliphatic heterocycles. The van der Waals surface area contributed by atoms with Gasteiger partial charge in [0.1, 0.15) is 0 Å². The van der Waals surface area contributed by atoms with Crippen LogP contribution in [0, 0.1) is 6.92 Å². The quantitative estimate of drug-likeness (QED) is 0.549. The van der Waals surface area contributed by atoms with Crippen LogP contribution in [0.4, 0.5) is 5.88 Å². The lowest BCUT2D eigenvalue weighted by atomic mass is 10.0. The first-order valence-corrected chi connectivity index (χ1v) is 4.69. The van der Waals surface area contributed by atoms with E-state index in [0.29, 0.717) is 11.8 Å². The van der Waals surface area contributed by atoms with Crippen molar-refractivity contribution in [3.05, 3.63) is 11.3 Å². The summed E-state index contributed by atoms with van der Waals surface area (Å²) in [5.41, 5.74) is 2.01. The lowest BCUT2D eigenvalue weighted by Crippen LogP contribution is -2.07. The summed E-state index contributed by atoms with van der Waals surface area (Å²) < 4.78 is 5.13. The monoisotopic (exact) mass is 195 g/mol. The summed E-state index contributed by atoms with van der Waals surface area (Å²) in [7, 11) is 3.84. The van der Waals surface area contributed by atoms with Gasteiger partial charge in [-0.1, -0.05) is 19.0 Å². The molecular weight excluding hydrogens is 178 g/mol. The molecule has 78 valence electrons. The minimum Gasteiger partial charge on any atom is -0.369 e. The molecule has 1 rings (SSSR count). The largest absolute Gasteiger partial charge is 0.369 e. The third-order valence-electron chi connectivity index (χ3n) is 1.87. The highest BCUT2D eigenvalue weighted by Crippen LogP contribution is 2.29. The SMILES string of the molecule is Cc1noc(N=CN(C)C)c1C(C)C. The van der Waals surface area contributed by atoms with Gasteiger partial charge in [0.25, 0.3) is 5.88 Å². The second-order valence-electron chi connectivity index (χ2n) is 3.85. The molecule has 4 nitrogen and oxygen atoms in total. The molecule has 4 heteroatoms. The fourth-order valence-corrected chi connectivity index (χ4v) is 1.29. The van der Waals surface area contributed by atoms with Gasteiger partial charge in [-0.05, 0) is 12.8 Å². The molecule has 0 bridgehead atoms. The smallest absolute Gasteiger partial charge is 0.255 e. The van der Waals surface area contributed by atoms with Gasteiger partial charge in [0, 0.05) is 19.7 Å². The van der Waals surface area contributed by atoms with E-state index >= 15 is 0 Å². The first kappa shape index (κ1) is 10.8. The summed E-state index contributed by atoms with van der Waals surface area (Å²) in [6, 6.07) is 0. The highest BCUT2D eigenvalue weighted by molar-refractivity contribution is 5.60. The first-order chi connectivity index (χ1) is 6.52. The predicted molar refractivity (Wildman–Crippen MR) is 57.2 cm³/mol.